The molecule has 3 aromatic rings. The van der Waals surface area contributed by atoms with Crippen molar-refractivity contribution in [2.45, 2.75) is 37.1 Å². The average molecular weight is 481 g/mol. The molecule has 3 rings (SSSR count). The fourth-order valence-electron chi connectivity index (χ4n) is 3.02. The van der Waals surface area contributed by atoms with Crippen molar-refractivity contribution in [1.82, 2.24) is 9.71 Å². The molecule has 0 aliphatic carbocycles. The van der Waals surface area contributed by atoms with Crippen molar-refractivity contribution < 1.29 is 17.9 Å². The number of fused-ring (bicyclic) bond motifs is 1. The number of hydrogen-bond donors (Lipinski definition) is 1. The molecule has 9 heteroatoms. The Kier molecular flexibility index (Phi) is 7.89. The predicted octanol–water partition coefficient (Wildman–Crippen LogP) is 4.77. The molecular weight excluding hydrogens is 459 g/mol. The SMILES string of the molecule is CCCCOC(=O)[C@H](Cc1ccccc1)NS(=O)(=O)c1ccc2c(Cl)cnc(Cl)c2c1. The molecule has 0 spiro atoms. The summed E-state index contributed by atoms with van der Waals surface area (Å²) >= 11 is 12.3. The lowest BCUT2D eigenvalue weighted by Gasteiger charge is -2.18. The molecule has 1 aromatic heterocycles. The Bertz CT molecular complexity index is 1170. The standard InChI is InChI=1S/C22H22Cl2N2O4S/c1-2-3-11-30-22(27)20(12-15-7-5-4-6-8-15)26-31(28,29)16-9-10-17-18(13-16)21(24)25-14-19(17)23/h4-10,13-14,20,26H,2-3,11-12H2,1H3/t20-/m0/s1. The lowest BCUT2D eigenvalue weighted by Crippen LogP contribution is -2.43. The van der Waals surface area contributed by atoms with Crippen LogP contribution < -0.4 is 4.72 Å². The van der Waals surface area contributed by atoms with Gasteiger partial charge in [0.1, 0.15) is 11.2 Å². The number of carbonyl (C=O) groups is 1. The second-order valence-electron chi connectivity index (χ2n) is 6.99. The van der Waals surface area contributed by atoms with E-state index < -0.39 is 22.0 Å². The van der Waals surface area contributed by atoms with Crippen LogP contribution in [-0.2, 0) is 26.0 Å². The molecule has 2 aromatic carbocycles. The number of esters is 1. The van der Waals surface area contributed by atoms with Crippen molar-refractivity contribution in [2.75, 3.05) is 6.61 Å². The average Bonchev–Trinajstić information content (AvgIpc) is 2.76. The number of sulfonamides is 1. The molecule has 0 bridgehead atoms. The first-order valence-electron chi connectivity index (χ1n) is 9.78. The molecule has 1 heterocycles. The number of pyridine rings is 1. The van der Waals surface area contributed by atoms with Crippen LogP contribution >= 0.6 is 23.2 Å². The quantitative estimate of drug-likeness (QED) is 0.270. The highest BCUT2D eigenvalue weighted by molar-refractivity contribution is 7.89. The molecule has 0 radical (unpaired) electrons. The highest BCUT2D eigenvalue weighted by atomic mass is 35.5. The zero-order chi connectivity index (χ0) is 22.4. The molecule has 0 unspecified atom stereocenters. The highest BCUT2D eigenvalue weighted by Crippen LogP contribution is 2.29. The van der Waals surface area contributed by atoms with Crippen LogP contribution in [0.1, 0.15) is 25.3 Å². The van der Waals surface area contributed by atoms with E-state index in [2.05, 4.69) is 9.71 Å². The Hall–Kier alpha value is -2.19. The number of aromatic nitrogens is 1. The molecule has 1 N–H and O–H groups in total. The summed E-state index contributed by atoms with van der Waals surface area (Å²) in [5, 5.41) is 1.48. The van der Waals surface area contributed by atoms with Gasteiger partial charge in [0, 0.05) is 17.0 Å². The predicted molar refractivity (Wildman–Crippen MR) is 122 cm³/mol. The van der Waals surface area contributed by atoms with Crippen molar-refractivity contribution in [2.24, 2.45) is 0 Å². The van der Waals surface area contributed by atoms with Gasteiger partial charge in [-0.3, -0.25) is 4.79 Å². The second-order valence-corrected chi connectivity index (χ2v) is 9.47. The molecule has 31 heavy (non-hydrogen) atoms. The normalized spacial score (nSPS) is 12.6. The van der Waals surface area contributed by atoms with Crippen LogP contribution in [0.25, 0.3) is 10.8 Å². The van der Waals surface area contributed by atoms with Crippen molar-refractivity contribution >= 4 is 50.0 Å². The largest absolute Gasteiger partial charge is 0.464 e. The summed E-state index contributed by atoms with van der Waals surface area (Å²) in [6.45, 7) is 2.21. The van der Waals surface area contributed by atoms with Crippen LogP contribution in [-0.4, -0.2) is 32.0 Å². The van der Waals surface area contributed by atoms with Crippen LogP contribution in [0.5, 0.6) is 0 Å². The zero-order valence-electron chi connectivity index (χ0n) is 16.8. The smallest absolute Gasteiger partial charge is 0.324 e. The van der Waals surface area contributed by atoms with E-state index in [0.29, 0.717) is 22.2 Å². The molecule has 0 amide bonds. The summed E-state index contributed by atoms with van der Waals surface area (Å²) < 4.78 is 34.0. The Morgan fingerprint density at radius 2 is 1.87 bits per heavy atom. The van der Waals surface area contributed by atoms with Gasteiger partial charge in [-0.15, -0.1) is 0 Å². The Morgan fingerprint density at radius 3 is 2.58 bits per heavy atom. The van der Waals surface area contributed by atoms with E-state index >= 15 is 0 Å². The molecule has 0 fully saturated rings. The summed E-state index contributed by atoms with van der Waals surface area (Å²) in [5.41, 5.74) is 0.806. The molecule has 6 nitrogen and oxygen atoms in total. The minimum absolute atomic E-state index is 0.0506. The van der Waals surface area contributed by atoms with Crippen LogP contribution in [0.15, 0.2) is 59.6 Å². The van der Waals surface area contributed by atoms with Gasteiger partial charge in [0.15, 0.2) is 0 Å². The van der Waals surface area contributed by atoms with Crippen LogP contribution in [0.2, 0.25) is 10.2 Å². The van der Waals surface area contributed by atoms with Gasteiger partial charge in [0.25, 0.3) is 0 Å². The fourth-order valence-corrected chi connectivity index (χ4v) is 4.65. The van der Waals surface area contributed by atoms with E-state index in [-0.39, 0.29) is 23.1 Å². The first-order valence-corrected chi connectivity index (χ1v) is 12.0. The Labute approximate surface area is 191 Å². The number of halogens is 2. The number of unbranched alkanes of at least 4 members (excludes halogenated alkanes) is 1. The third kappa shape index (κ3) is 5.95. The maximum atomic E-state index is 13.1. The van der Waals surface area contributed by atoms with Crippen molar-refractivity contribution in [3.8, 4) is 0 Å². The molecule has 1 atom stereocenters. The van der Waals surface area contributed by atoms with Crippen molar-refractivity contribution in [3.05, 3.63) is 70.5 Å². The van der Waals surface area contributed by atoms with Gasteiger partial charge in [-0.25, -0.2) is 13.4 Å². The van der Waals surface area contributed by atoms with Crippen LogP contribution in [0, 0.1) is 0 Å². The maximum absolute atomic E-state index is 13.1. The van der Waals surface area contributed by atoms with Crippen LogP contribution in [0.4, 0.5) is 0 Å². The van der Waals surface area contributed by atoms with E-state index in [0.717, 1.165) is 12.0 Å². The van der Waals surface area contributed by atoms with E-state index in [1.54, 1.807) is 6.07 Å². The second kappa shape index (κ2) is 10.4. The number of hydrogen-bond acceptors (Lipinski definition) is 5. The number of ether oxygens (including phenoxy) is 1. The maximum Gasteiger partial charge on any atom is 0.324 e. The number of benzene rings is 2. The van der Waals surface area contributed by atoms with Gasteiger partial charge >= 0.3 is 5.97 Å². The highest BCUT2D eigenvalue weighted by Gasteiger charge is 2.27. The van der Waals surface area contributed by atoms with Gasteiger partial charge < -0.3 is 4.74 Å². The lowest BCUT2D eigenvalue weighted by molar-refractivity contribution is -0.145. The summed E-state index contributed by atoms with van der Waals surface area (Å²) in [6, 6.07) is 12.4. The molecule has 0 saturated heterocycles. The van der Waals surface area contributed by atoms with Crippen LogP contribution in [0.3, 0.4) is 0 Å². The topological polar surface area (TPSA) is 85.4 Å². The number of nitrogens with one attached hydrogen (secondary N) is 1. The van der Waals surface area contributed by atoms with E-state index in [1.807, 2.05) is 37.3 Å². The molecular formula is C22H22Cl2N2O4S. The van der Waals surface area contributed by atoms with Gasteiger partial charge in [-0.1, -0.05) is 72.9 Å². The zero-order valence-corrected chi connectivity index (χ0v) is 19.2. The molecule has 0 aliphatic rings. The van der Waals surface area contributed by atoms with Gasteiger partial charge in [-0.05, 0) is 30.5 Å². The minimum atomic E-state index is -4.06. The van der Waals surface area contributed by atoms with Gasteiger partial charge in [0.05, 0.1) is 16.5 Å². The number of carbonyl (C=O) groups excluding carboxylic acids is 1. The summed E-state index contributed by atoms with van der Waals surface area (Å²) in [5.74, 6) is -0.621. The first kappa shape index (κ1) is 23.5. The molecule has 164 valence electrons. The van der Waals surface area contributed by atoms with Crippen molar-refractivity contribution in [3.63, 3.8) is 0 Å². The van der Waals surface area contributed by atoms with E-state index in [4.69, 9.17) is 27.9 Å². The fraction of sp³-hybridized carbons (Fsp3) is 0.273. The summed E-state index contributed by atoms with van der Waals surface area (Å²) in [4.78, 5) is 16.6. The minimum Gasteiger partial charge on any atom is -0.464 e. The Morgan fingerprint density at radius 1 is 1.13 bits per heavy atom. The monoisotopic (exact) mass is 480 g/mol. The lowest BCUT2D eigenvalue weighted by atomic mass is 10.1. The number of nitrogens with zero attached hydrogens (tertiary/aromatic N) is 1. The Balaban J connectivity index is 1.90. The molecule has 0 aliphatic heterocycles. The van der Waals surface area contributed by atoms with E-state index in [9.17, 15) is 13.2 Å². The number of rotatable bonds is 9. The first-order chi connectivity index (χ1) is 14.8. The summed E-state index contributed by atoms with van der Waals surface area (Å²) in [7, 11) is -4.06. The van der Waals surface area contributed by atoms with Gasteiger partial charge in [0.2, 0.25) is 10.0 Å². The molecule has 0 saturated carbocycles. The third-order valence-electron chi connectivity index (χ3n) is 4.68. The third-order valence-corrected chi connectivity index (χ3v) is 6.75. The summed E-state index contributed by atoms with van der Waals surface area (Å²) in [6.07, 6.45) is 3.12. The van der Waals surface area contributed by atoms with Gasteiger partial charge in [-0.2, -0.15) is 4.72 Å². The van der Waals surface area contributed by atoms with Crippen molar-refractivity contribution in [1.29, 1.82) is 0 Å². The van der Waals surface area contributed by atoms with E-state index in [1.165, 1.54) is 18.3 Å².